The molecular formula is C20H25N3O4. The predicted molar refractivity (Wildman–Crippen MR) is 100 cm³/mol. The number of para-hydroxylation sites is 1. The van der Waals surface area contributed by atoms with E-state index in [0.29, 0.717) is 29.6 Å². The summed E-state index contributed by atoms with van der Waals surface area (Å²) in [7, 11) is 1.59. The Morgan fingerprint density at radius 2 is 2.04 bits per heavy atom. The average molecular weight is 371 g/mol. The first-order chi connectivity index (χ1) is 13.0. The third kappa shape index (κ3) is 3.67. The van der Waals surface area contributed by atoms with E-state index in [1.165, 1.54) is 0 Å². The highest BCUT2D eigenvalue weighted by Gasteiger charge is 2.36. The molecule has 0 bridgehead atoms. The molecule has 1 aromatic carbocycles. The Bertz CT molecular complexity index is 846. The molecule has 2 heterocycles. The van der Waals surface area contributed by atoms with Crippen molar-refractivity contribution in [2.75, 3.05) is 20.2 Å². The third-order valence-electron chi connectivity index (χ3n) is 4.83. The van der Waals surface area contributed by atoms with Crippen LogP contribution in [0.2, 0.25) is 0 Å². The zero-order valence-electron chi connectivity index (χ0n) is 16.2. The van der Waals surface area contributed by atoms with Gasteiger partial charge in [-0.1, -0.05) is 19.1 Å². The van der Waals surface area contributed by atoms with E-state index in [9.17, 15) is 9.59 Å². The number of carbonyl (C=O) groups excluding carboxylic acids is 2. The summed E-state index contributed by atoms with van der Waals surface area (Å²) in [5, 5.41) is 0. The van der Waals surface area contributed by atoms with E-state index in [2.05, 4.69) is 4.98 Å². The molecule has 2 amide bonds. The highest BCUT2D eigenvalue weighted by Crippen LogP contribution is 2.31. The molecule has 3 rings (SSSR count). The van der Waals surface area contributed by atoms with Crippen LogP contribution in [0, 0.1) is 6.92 Å². The molecular weight excluding hydrogens is 346 g/mol. The van der Waals surface area contributed by atoms with Gasteiger partial charge in [-0.25, -0.2) is 4.98 Å². The van der Waals surface area contributed by atoms with Crippen LogP contribution in [0.5, 0.6) is 5.75 Å². The molecule has 7 nitrogen and oxygen atoms in total. The fraction of sp³-hybridized carbons (Fsp3) is 0.450. The molecule has 7 heteroatoms. The van der Waals surface area contributed by atoms with Crippen molar-refractivity contribution in [3.8, 4) is 17.2 Å². The Kier molecular flexibility index (Phi) is 5.48. The maximum Gasteiger partial charge on any atom is 0.245 e. The number of ether oxygens (including phenoxy) is 1. The first kappa shape index (κ1) is 18.9. The molecule has 0 unspecified atom stereocenters. The molecule has 144 valence electrons. The Morgan fingerprint density at radius 3 is 2.74 bits per heavy atom. The predicted octanol–water partition coefficient (Wildman–Crippen LogP) is 2.63. The maximum absolute atomic E-state index is 12.6. The van der Waals surface area contributed by atoms with Crippen LogP contribution in [0.3, 0.4) is 0 Å². The van der Waals surface area contributed by atoms with Crippen LogP contribution < -0.4 is 4.74 Å². The largest absolute Gasteiger partial charge is 0.496 e. The smallest absolute Gasteiger partial charge is 0.245 e. The number of hydrogen-bond acceptors (Lipinski definition) is 5. The fourth-order valence-corrected chi connectivity index (χ4v) is 3.30. The zero-order valence-corrected chi connectivity index (χ0v) is 16.2. The number of aryl methyl sites for hydroxylation is 1. The van der Waals surface area contributed by atoms with E-state index in [1.807, 2.05) is 38.1 Å². The van der Waals surface area contributed by atoms with Gasteiger partial charge in [0.1, 0.15) is 23.2 Å². The molecule has 27 heavy (non-hydrogen) atoms. The lowest BCUT2D eigenvalue weighted by Crippen LogP contribution is -2.58. The lowest BCUT2D eigenvalue weighted by molar-refractivity contribution is -0.155. The monoisotopic (exact) mass is 371 g/mol. The highest BCUT2D eigenvalue weighted by atomic mass is 16.5. The van der Waals surface area contributed by atoms with Gasteiger partial charge in [0, 0.05) is 6.54 Å². The number of amides is 2. The summed E-state index contributed by atoms with van der Waals surface area (Å²) < 4.78 is 11.2. The Labute approximate surface area is 158 Å². The molecule has 1 aliphatic heterocycles. The Balaban J connectivity index is 1.83. The number of benzene rings is 1. The van der Waals surface area contributed by atoms with Crippen molar-refractivity contribution in [1.29, 1.82) is 0 Å². The maximum atomic E-state index is 12.6. The lowest BCUT2D eigenvalue weighted by atomic mass is 10.1. The molecule has 1 aromatic heterocycles. The van der Waals surface area contributed by atoms with Gasteiger partial charge in [-0.05, 0) is 32.4 Å². The Morgan fingerprint density at radius 1 is 1.30 bits per heavy atom. The van der Waals surface area contributed by atoms with Crippen LogP contribution in [0.4, 0.5) is 0 Å². The highest BCUT2D eigenvalue weighted by molar-refractivity contribution is 5.94. The minimum atomic E-state index is -0.511. The van der Waals surface area contributed by atoms with Crippen LogP contribution in [0.1, 0.15) is 31.7 Å². The summed E-state index contributed by atoms with van der Waals surface area (Å²) in [6.07, 6.45) is 0.830. The molecule has 0 spiro atoms. The summed E-state index contributed by atoms with van der Waals surface area (Å²) in [5.74, 6) is 1.63. The molecule has 0 saturated carbocycles. The van der Waals surface area contributed by atoms with Gasteiger partial charge in [-0.2, -0.15) is 0 Å². The number of oxazole rings is 1. The van der Waals surface area contributed by atoms with Crippen LogP contribution in [-0.2, 0) is 16.1 Å². The van der Waals surface area contributed by atoms with E-state index in [0.717, 1.165) is 12.0 Å². The minimum Gasteiger partial charge on any atom is -0.496 e. The number of hydrogen-bond donors (Lipinski definition) is 0. The average Bonchev–Trinajstić information content (AvgIpc) is 3.03. The molecule has 1 atom stereocenters. The number of rotatable bonds is 6. The Hall–Kier alpha value is -2.83. The van der Waals surface area contributed by atoms with Gasteiger partial charge in [0.2, 0.25) is 17.7 Å². The van der Waals surface area contributed by atoms with Crippen LogP contribution >= 0.6 is 0 Å². The summed E-state index contributed by atoms with van der Waals surface area (Å²) in [4.78, 5) is 32.9. The van der Waals surface area contributed by atoms with Crippen LogP contribution in [0.15, 0.2) is 28.7 Å². The van der Waals surface area contributed by atoms with Crippen LogP contribution in [0.25, 0.3) is 11.5 Å². The van der Waals surface area contributed by atoms with Gasteiger partial charge >= 0.3 is 0 Å². The number of carbonyl (C=O) groups is 2. The standard InChI is InChI=1S/C20H25N3O4/c1-5-10-22-12-18(24)23(13(2)20(22)25)11-16-14(3)27-19(21-16)15-8-6-7-9-17(15)26-4/h6-9,13H,5,10-12H2,1-4H3/t13-/m1/s1. The van der Waals surface area contributed by atoms with Gasteiger partial charge in [-0.3, -0.25) is 9.59 Å². The molecule has 0 aliphatic carbocycles. The van der Waals surface area contributed by atoms with Gasteiger partial charge < -0.3 is 19.0 Å². The number of methoxy groups -OCH3 is 1. The number of nitrogens with zero attached hydrogens (tertiary/aromatic N) is 3. The van der Waals surface area contributed by atoms with Crippen molar-refractivity contribution in [3.05, 3.63) is 35.7 Å². The topological polar surface area (TPSA) is 75.9 Å². The number of piperazine rings is 1. The van der Waals surface area contributed by atoms with Gasteiger partial charge in [0.05, 0.1) is 25.8 Å². The van der Waals surface area contributed by atoms with Crippen molar-refractivity contribution in [2.45, 2.75) is 39.8 Å². The zero-order chi connectivity index (χ0) is 19.6. The van der Waals surface area contributed by atoms with E-state index in [-0.39, 0.29) is 24.9 Å². The molecule has 0 radical (unpaired) electrons. The summed E-state index contributed by atoms with van der Waals surface area (Å²) in [6.45, 7) is 6.53. The summed E-state index contributed by atoms with van der Waals surface area (Å²) >= 11 is 0. The van der Waals surface area contributed by atoms with Crippen LogP contribution in [-0.4, -0.2) is 52.8 Å². The molecule has 1 fully saturated rings. The quantitative estimate of drug-likeness (QED) is 0.780. The van der Waals surface area contributed by atoms with Gasteiger partial charge in [-0.15, -0.1) is 0 Å². The van der Waals surface area contributed by atoms with E-state index in [1.54, 1.807) is 23.8 Å². The molecule has 0 N–H and O–H groups in total. The van der Waals surface area contributed by atoms with E-state index in [4.69, 9.17) is 9.15 Å². The number of aromatic nitrogens is 1. The second-order valence-corrected chi connectivity index (χ2v) is 6.68. The normalized spacial score (nSPS) is 17.6. The van der Waals surface area contributed by atoms with Crippen molar-refractivity contribution >= 4 is 11.8 Å². The minimum absolute atomic E-state index is 0.0254. The summed E-state index contributed by atoms with van der Waals surface area (Å²) in [6, 6.07) is 6.96. The molecule has 1 saturated heterocycles. The first-order valence-electron chi connectivity index (χ1n) is 9.14. The van der Waals surface area contributed by atoms with Crippen molar-refractivity contribution in [1.82, 2.24) is 14.8 Å². The molecule has 2 aromatic rings. The SMILES string of the molecule is CCCN1CC(=O)N(Cc2nc(-c3ccccc3OC)oc2C)[C@H](C)C1=O. The second kappa shape index (κ2) is 7.82. The fourth-order valence-electron chi connectivity index (χ4n) is 3.30. The van der Waals surface area contributed by atoms with Crippen molar-refractivity contribution < 1.29 is 18.7 Å². The summed E-state index contributed by atoms with van der Waals surface area (Å²) in [5.41, 5.74) is 1.39. The van der Waals surface area contributed by atoms with Gasteiger partial charge in [0.25, 0.3) is 0 Å². The van der Waals surface area contributed by atoms with E-state index >= 15 is 0 Å². The third-order valence-corrected chi connectivity index (χ3v) is 4.83. The molecule has 1 aliphatic rings. The van der Waals surface area contributed by atoms with Crippen molar-refractivity contribution in [2.24, 2.45) is 0 Å². The van der Waals surface area contributed by atoms with Crippen molar-refractivity contribution in [3.63, 3.8) is 0 Å². The van der Waals surface area contributed by atoms with Gasteiger partial charge in [0.15, 0.2) is 0 Å². The first-order valence-corrected chi connectivity index (χ1v) is 9.14. The second-order valence-electron chi connectivity index (χ2n) is 6.68. The van der Waals surface area contributed by atoms with E-state index < -0.39 is 6.04 Å². The lowest BCUT2D eigenvalue weighted by Gasteiger charge is -2.38.